The Morgan fingerprint density at radius 1 is 1.28 bits per heavy atom. The van der Waals surface area contributed by atoms with Crippen LogP contribution in [0.2, 0.25) is 0 Å². The van der Waals surface area contributed by atoms with Gasteiger partial charge < -0.3 is 9.84 Å². The van der Waals surface area contributed by atoms with E-state index in [0.29, 0.717) is 10.8 Å². The first-order valence-electron chi connectivity index (χ1n) is 8.27. The smallest absolute Gasteiger partial charge is 0.416 e. The summed E-state index contributed by atoms with van der Waals surface area (Å²) in [6.07, 6.45) is 3.37. The monoisotopic (exact) mass is 360 g/mol. The van der Waals surface area contributed by atoms with Gasteiger partial charge in [-0.2, -0.15) is 0 Å². The Bertz CT molecular complexity index is 754. The van der Waals surface area contributed by atoms with Gasteiger partial charge in [-0.15, -0.1) is 0 Å². The van der Waals surface area contributed by atoms with Crippen LogP contribution < -0.4 is 4.90 Å². The molecule has 132 valence electrons. The number of nitrogens with zero attached hydrogens (tertiary/aromatic N) is 2. The highest BCUT2D eigenvalue weighted by Crippen LogP contribution is 2.33. The summed E-state index contributed by atoms with van der Waals surface area (Å²) in [5.74, 6) is -1.02. The van der Waals surface area contributed by atoms with Crippen LogP contribution in [0.3, 0.4) is 0 Å². The fraction of sp³-hybridized carbons (Fsp3) is 0.389. The van der Waals surface area contributed by atoms with E-state index in [1.807, 2.05) is 30.3 Å². The minimum Gasteiger partial charge on any atom is -0.477 e. The number of thiazole rings is 1. The van der Waals surface area contributed by atoms with Gasteiger partial charge in [0.2, 0.25) is 0 Å². The second kappa shape index (κ2) is 7.65. The molecule has 1 aliphatic carbocycles. The molecule has 1 N–H and O–H groups in total. The SMILES string of the molecule is Cc1nc(N(C(=O)OCc2ccccc2)C2CCCC2)sc1C(=O)O. The van der Waals surface area contributed by atoms with Crippen molar-refractivity contribution in [3.8, 4) is 0 Å². The highest BCUT2D eigenvalue weighted by Gasteiger charge is 2.32. The summed E-state index contributed by atoms with van der Waals surface area (Å²) in [4.78, 5) is 30.0. The zero-order chi connectivity index (χ0) is 17.8. The highest BCUT2D eigenvalue weighted by atomic mass is 32.1. The number of carboxylic acid groups (broad SMARTS) is 1. The van der Waals surface area contributed by atoms with Gasteiger partial charge in [-0.3, -0.25) is 0 Å². The molecule has 1 aliphatic rings. The summed E-state index contributed by atoms with van der Waals surface area (Å²) in [5, 5.41) is 9.66. The maximum absolute atomic E-state index is 12.7. The van der Waals surface area contributed by atoms with Crippen molar-refractivity contribution in [3.05, 3.63) is 46.5 Å². The number of aryl methyl sites for hydroxylation is 1. The molecule has 1 fully saturated rings. The molecule has 0 spiro atoms. The largest absolute Gasteiger partial charge is 0.477 e. The third kappa shape index (κ3) is 3.99. The van der Waals surface area contributed by atoms with Gasteiger partial charge in [0.05, 0.1) is 5.69 Å². The van der Waals surface area contributed by atoms with E-state index >= 15 is 0 Å². The average Bonchev–Trinajstić information content (AvgIpc) is 3.24. The van der Waals surface area contributed by atoms with Gasteiger partial charge in [0.1, 0.15) is 11.5 Å². The van der Waals surface area contributed by atoms with Gasteiger partial charge in [-0.1, -0.05) is 54.5 Å². The van der Waals surface area contributed by atoms with Crippen molar-refractivity contribution in [2.75, 3.05) is 4.90 Å². The van der Waals surface area contributed by atoms with Crippen LogP contribution in [0, 0.1) is 6.92 Å². The number of aromatic carboxylic acids is 1. The second-order valence-corrected chi connectivity index (χ2v) is 7.04. The van der Waals surface area contributed by atoms with Crippen molar-refractivity contribution in [2.45, 2.75) is 45.3 Å². The molecule has 3 rings (SSSR count). The molecule has 7 heteroatoms. The molecule has 2 aromatic rings. The quantitative estimate of drug-likeness (QED) is 0.863. The van der Waals surface area contributed by atoms with Crippen LogP contribution in [0.1, 0.15) is 46.6 Å². The van der Waals surface area contributed by atoms with Crippen molar-refractivity contribution in [2.24, 2.45) is 0 Å². The Morgan fingerprint density at radius 2 is 1.96 bits per heavy atom. The third-order valence-corrected chi connectivity index (χ3v) is 5.42. The van der Waals surface area contributed by atoms with E-state index in [4.69, 9.17) is 4.74 Å². The molecule has 0 atom stereocenters. The van der Waals surface area contributed by atoms with Gasteiger partial charge in [0.15, 0.2) is 5.13 Å². The lowest BCUT2D eigenvalue weighted by Gasteiger charge is -2.25. The van der Waals surface area contributed by atoms with Crippen LogP contribution in [0.25, 0.3) is 0 Å². The number of rotatable bonds is 5. The number of benzene rings is 1. The molecule has 0 aliphatic heterocycles. The van der Waals surface area contributed by atoms with E-state index in [1.165, 1.54) is 0 Å². The Balaban J connectivity index is 1.80. The van der Waals surface area contributed by atoms with E-state index in [2.05, 4.69) is 4.98 Å². The molecule has 1 amide bonds. The van der Waals surface area contributed by atoms with Crippen molar-refractivity contribution in [1.29, 1.82) is 0 Å². The van der Waals surface area contributed by atoms with Gasteiger partial charge in [0.25, 0.3) is 0 Å². The fourth-order valence-electron chi connectivity index (χ4n) is 3.02. The lowest BCUT2D eigenvalue weighted by atomic mass is 10.2. The first kappa shape index (κ1) is 17.4. The van der Waals surface area contributed by atoms with Crippen molar-refractivity contribution in [3.63, 3.8) is 0 Å². The van der Waals surface area contributed by atoms with Crippen molar-refractivity contribution >= 4 is 28.5 Å². The number of hydrogen-bond acceptors (Lipinski definition) is 5. The topological polar surface area (TPSA) is 79.7 Å². The summed E-state index contributed by atoms with van der Waals surface area (Å²) in [7, 11) is 0. The Morgan fingerprint density at radius 3 is 2.56 bits per heavy atom. The Labute approximate surface area is 150 Å². The molecule has 0 radical (unpaired) electrons. The summed E-state index contributed by atoms with van der Waals surface area (Å²) in [6.45, 7) is 1.82. The Hall–Kier alpha value is -2.41. The van der Waals surface area contributed by atoms with E-state index in [-0.39, 0.29) is 17.5 Å². The first-order valence-corrected chi connectivity index (χ1v) is 9.08. The number of anilines is 1. The number of carboxylic acids is 1. The van der Waals surface area contributed by atoms with Gasteiger partial charge in [-0.05, 0) is 25.3 Å². The standard InChI is InChI=1S/C18H20N2O4S/c1-12-15(16(21)22)25-17(19-12)20(14-9-5-6-10-14)18(23)24-11-13-7-3-2-4-8-13/h2-4,7-8,14H,5-6,9-11H2,1H3,(H,21,22). The van der Waals surface area contributed by atoms with Crippen LogP contribution >= 0.6 is 11.3 Å². The van der Waals surface area contributed by atoms with Crippen LogP contribution in [-0.4, -0.2) is 28.2 Å². The molecular weight excluding hydrogens is 340 g/mol. The fourth-order valence-corrected chi connectivity index (χ4v) is 3.99. The van der Waals surface area contributed by atoms with Gasteiger partial charge in [0, 0.05) is 6.04 Å². The highest BCUT2D eigenvalue weighted by molar-refractivity contribution is 7.17. The van der Waals surface area contributed by atoms with Crippen LogP contribution in [0.4, 0.5) is 9.93 Å². The van der Waals surface area contributed by atoms with E-state index < -0.39 is 12.1 Å². The summed E-state index contributed by atoms with van der Waals surface area (Å²) >= 11 is 1.03. The molecule has 6 nitrogen and oxygen atoms in total. The lowest BCUT2D eigenvalue weighted by molar-refractivity contribution is 0.0701. The zero-order valence-electron chi connectivity index (χ0n) is 14.0. The molecule has 1 heterocycles. The molecule has 1 aromatic carbocycles. The van der Waals surface area contributed by atoms with Gasteiger partial charge >= 0.3 is 12.1 Å². The average molecular weight is 360 g/mol. The zero-order valence-corrected chi connectivity index (χ0v) is 14.8. The number of carbonyl (C=O) groups excluding carboxylic acids is 1. The van der Waals surface area contributed by atoms with Crippen molar-refractivity contribution < 1.29 is 19.4 Å². The second-order valence-electron chi connectivity index (χ2n) is 6.06. The predicted molar refractivity (Wildman–Crippen MR) is 95.2 cm³/mol. The van der Waals surface area contributed by atoms with E-state index in [0.717, 1.165) is 42.6 Å². The third-order valence-electron chi connectivity index (χ3n) is 4.28. The normalized spacial score (nSPS) is 14.4. The summed E-state index contributed by atoms with van der Waals surface area (Å²) < 4.78 is 5.47. The summed E-state index contributed by atoms with van der Waals surface area (Å²) in [6, 6.07) is 9.48. The minimum atomic E-state index is -1.02. The van der Waals surface area contributed by atoms with Crippen LogP contribution in [0.15, 0.2) is 30.3 Å². The number of amides is 1. The minimum absolute atomic E-state index is 0.00969. The predicted octanol–water partition coefficient (Wildman–Crippen LogP) is 4.24. The first-order chi connectivity index (χ1) is 12.1. The van der Waals surface area contributed by atoms with Crippen molar-refractivity contribution in [1.82, 2.24) is 4.98 Å². The molecule has 0 unspecified atom stereocenters. The molecule has 0 saturated heterocycles. The maximum atomic E-state index is 12.7. The van der Waals surface area contributed by atoms with Gasteiger partial charge in [-0.25, -0.2) is 19.5 Å². The Kier molecular flexibility index (Phi) is 5.33. The lowest BCUT2D eigenvalue weighted by Crippen LogP contribution is -2.39. The molecule has 1 saturated carbocycles. The van der Waals surface area contributed by atoms with Crippen LogP contribution in [0.5, 0.6) is 0 Å². The molecule has 1 aromatic heterocycles. The molecule has 0 bridgehead atoms. The number of carbonyl (C=O) groups is 2. The molecule has 25 heavy (non-hydrogen) atoms. The summed E-state index contributed by atoms with van der Waals surface area (Å²) in [5.41, 5.74) is 1.33. The molecular formula is C18H20N2O4S. The van der Waals surface area contributed by atoms with E-state index in [1.54, 1.807) is 11.8 Å². The maximum Gasteiger partial charge on any atom is 0.416 e. The van der Waals surface area contributed by atoms with Crippen LogP contribution in [-0.2, 0) is 11.3 Å². The number of aromatic nitrogens is 1. The number of hydrogen-bond donors (Lipinski definition) is 1. The van der Waals surface area contributed by atoms with E-state index in [9.17, 15) is 14.7 Å². The number of ether oxygens (including phenoxy) is 1.